The Hall–Kier alpha value is -4.56. The van der Waals surface area contributed by atoms with Gasteiger partial charge in [-0.1, -0.05) is 62.9 Å². The van der Waals surface area contributed by atoms with Crippen LogP contribution in [-0.4, -0.2) is 66.5 Å². The van der Waals surface area contributed by atoms with E-state index in [1.54, 1.807) is 48.4 Å². The Balaban J connectivity index is 1.76. The standard InChI is InChI=1S/C35H40N2O6/c1-6-20-42-28-16-15-27(21-24(28)4)33(38)31-32(37(35(40)34(31)39)19-18-36(7-2)8-3)26-14-17-29(30(22-26)41-5)43-23-25-12-10-9-11-13-25/h6,9-17,21-22,32,38H,1,7-8,18-20,23H2,2-5H3. The van der Waals surface area contributed by atoms with Crippen molar-refractivity contribution in [3.8, 4) is 17.2 Å². The summed E-state index contributed by atoms with van der Waals surface area (Å²) in [7, 11) is 1.55. The largest absolute Gasteiger partial charge is 0.507 e. The van der Waals surface area contributed by atoms with Gasteiger partial charge in [0.25, 0.3) is 11.7 Å². The number of hydrogen-bond acceptors (Lipinski definition) is 7. The van der Waals surface area contributed by atoms with Gasteiger partial charge in [0.15, 0.2) is 11.5 Å². The highest BCUT2D eigenvalue weighted by Crippen LogP contribution is 2.42. The Morgan fingerprint density at radius 3 is 2.35 bits per heavy atom. The van der Waals surface area contributed by atoms with Gasteiger partial charge in [0.05, 0.1) is 18.7 Å². The Morgan fingerprint density at radius 2 is 1.70 bits per heavy atom. The summed E-state index contributed by atoms with van der Waals surface area (Å²) in [4.78, 5) is 30.8. The Kier molecular flexibility index (Phi) is 10.6. The number of ether oxygens (including phenoxy) is 3. The summed E-state index contributed by atoms with van der Waals surface area (Å²) in [6, 6.07) is 19.5. The van der Waals surface area contributed by atoms with Crippen molar-refractivity contribution >= 4 is 17.4 Å². The molecule has 0 bridgehead atoms. The molecule has 3 aromatic rings. The number of benzene rings is 3. The lowest BCUT2D eigenvalue weighted by Gasteiger charge is -2.28. The number of rotatable bonds is 14. The van der Waals surface area contributed by atoms with Crippen molar-refractivity contribution in [3.05, 3.63) is 107 Å². The Labute approximate surface area is 253 Å². The predicted octanol–water partition coefficient (Wildman–Crippen LogP) is 5.91. The average molecular weight is 585 g/mol. The quantitative estimate of drug-likeness (QED) is 0.109. The first-order chi connectivity index (χ1) is 20.8. The number of Topliss-reactive ketones (excluding diaryl/α,β-unsaturated/α-hetero) is 1. The van der Waals surface area contributed by atoms with Crippen molar-refractivity contribution in [2.45, 2.75) is 33.4 Å². The maximum absolute atomic E-state index is 13.6. The van der Waals surface area contributed by atoms with Crippen LogP contribution in [0.2, 0.25) is 0 Å². The zero-order valence-corrected chi connectivity index (χ0v) is 25.3. The van der Waals surface area contributed by atoms with Crippen molar-refractivity contribution in [1.29, 1.82) is 0 Å². The molecule has 1 unspecified atom stereocenters. The van der Waals surface area contributed by atoms with E-state index in [0.29, 0.717) is 54.7 Å². The van der Waals surface area contributed by atoms with Crippen molar-refractivity contribution in [1.82, 2.24) is 9.80 Å². The van der Waals surface area contributed by atoms with E-state index >= 15 is 0 Å². The van der Waals surface area contributed by atoms with Crippen molar-refractivity contribution in [3.63, 3.8) is 0 Å². The summed E-state index contributed by atoms with van der Waals surface area (Å²) in [5.74, 6) is 0.0157. The number of aryl methyl sites for hydroxylation is 1. The second-order valence-electron chi connectivity index (χ2n) is 10.3. The van der Waals surface area contributed by atoms with Gasteiger partial charge in [-0.15, -0.1) is 0 Å². The van der Waals surface area contributed by atoms with Gasteiger partial charge >= 0.3 is 0 Å². The smallest absolute Gasteiger partial charge is 0.295 e. The highest BCUT2D eigenvalue weighted by Gasteiger charge is 2.46. The summed E-state index contributed by atoms with van der Waals surface area (Å²) in [6.07, 6.45) is 1.65. The Morgan fingerprint density at radius 1 is 0.977 bits per heavy atom. The van der Waals surface area contributed by atoms with Gasteiger partial charge < -0.3 is 29.1 Å². The van der Waals surface area contributed by atoms with Gasteiger partial charge in [-0.05, 0) is 67.0 Å². The summed E-state index contributed by atoms with van der Waals surface area (Å²) in [5.41, 5.74) is 2.87. The van der Waals surface area contributed by atoms with E-state index in [2.05, 4.69) is 25.3 Å². The van der Waals surface area contributed by atoms with E-state index in [1.165, 1.54) is 0 Å². The second-order valence-corrected chi connectivity index (χ2v) is 10.3. The SMILES string of the molecule is C=CCOc1ccc(C(O)=C2C(=O)C(=O)N(CCN(CC)CC)C2c2ccc(OCc3ccccc3)c(OC)c2)cc1C. The molecule has 43 heavy (non-hydrogen) atoms. The molecule has 0 aliphatic carbocycles. The maximum Gasteiger partial charge on any atom is 0.295 e. The summed E-state index contributed by atoms with van der Waals surface area (Å²) < 4.78 is 17.4. The first kappa shape index (κ1) is 31.4. The topological polar surface area (TPSA) is 88.5 Å². The molecule has 1 atom stereocenters. The van der Waals surface area contributed by atoms with Crippen molar-refractivity contribution in [2.75, 3.05) is 39.9 Å². The number of ketones is 1. The average Bonchev–Trinajstić information content (AvgIpc) is 3.28. The number of nitrogens with zero attached hydrogens (tertiary/aromatic N) is 2. The maximum atomic E-state index is 13.6. The number of hydrogen-bond donors (Lipinski definition) is 1. The van der Waals surface area contributed by atoms with Crippen LogP contribution in [-0.2, 0) is 16.2 Å². The molecule has 1 fully saturated rings. The number of methoxy groups -OCH3 is 1. The van der Waals surface area contributed by atoms with Crippen LogP contribution in [0.25, 0.3) is 5.76 Å². The molecule has 1 N–H and O–H groups in total. The zero-order valence-electron chi connectivity index (χ0n) is 25.3. The molecule has 1 heterocycles. The van der Waals surface area contributed by atoms with Gasteiger partial charge in [-0.25, -0.2) is 0 Å². The van der Waals surface area contributed by atoms with E-state index in [0.717, 1.165) is 24.2 Å². The minimum Gasteiger partial charge on any atom is -0.507 e. The minimum absolute atomic E-state index is 0.0312. The molecule has 1 amide bonds. The number of aliphatic hydroxyl groups excluding tert-OH is 1. The third-order valence-electron chi connectivity index (χ3n) is 7.64. The molecule has 0 spiro atoms. The van der Waals surface area contributed by atoms with Gasteiger partial charge in [0.2, 0.25) is 0 Å². The number of likely N-dealkylation sites (tertiary alicyclic amines) is 1. The van der Waals surface area contributed by atoms with E-state index in [9.17, 15) is 14.7 Å². The van der Waals surface area contributed by atoms with Gasteiger partial charge in [-0.2, -0.15) is 0 Å². The van der Waals surface area contributed by atoms with E-state index in [-0.39, 0.29) is 11.3 Å². The van der Waals surface area contributed by atoms with E-state index in [1.807, 2.05) is 43.3 Å². The third kappa shape index (κ3) is 7.09. The number of carbonyl (C=O) groups is 2. The van der Waals surface area contributed by atoms with Gasteiger partial charge in [0.1, 0.15) is 24.7 Å². The molecule has 1 saturated heterocycles. The molecule has 0 aromatic heterocycles. The Bertz CT molecular complexity index is 1480. The van der Waals surface area contributed by atoms with Crippen LogP contribution in [0.4, 0.5) is 0 Å². The number of aliphatic hydroxyl groups is 1. The minimum atomic E-state index is -0.815. The highest BCUT2D eigenvalue weighted by atomic mass is 16.5. The fourth-order valence-corrected chi connectivity index (χ4v) is 5.22. The molecule has 226 valence electrons. The summed E-state index contributed by atoms with van der Waals surface area (Å²) in [5, 5.41) is 11.6. The fraction of sp³-hybridized carbons (Fsp3) is 0.314. The molecule has 8 heteroatoms. The molecular weight excluding hydrogens is 544 g/mol. The van der Waals surface area contributed by atoms with Crippen LogP contribution < -0.4 is 14.2 Å². The van der Waals surface area contributed by atoms with Crippen LogP contribution >= 0.6 is 0 Å². The van der Waals surface area contributed by atoms with E-state index in [4.69, 9.17) is 14.2 Å². The lowest BCUT2D eigenvalue weighted by atomic mass is 9.94. The van der Waals surface area contributed by atoms with Crippen LogP contribution in [0.3, 0.4) is 0 Å². The second kappa shape index (κ2) is 14.6. The summed E-state index contributed by atoms with van der Waals surface area (Å²) >= 11 is 0. The summed E-state index contributed by atoms with van der Waals surface area (Å²) in [6.45, 7) is 12.9. The first-order valence-corrected chi connectivity index (χ1v) is 14.5. The van der Waals surface area contributed by atoms with Gasteiger partial charge in [0, 0.05) is 18.7 Å². The molecule has 1 aliphatic rings. The first-order valence-electron chi connectivity index (χ1n) is 14.5. The lowest BCUT2D eigenvalue weighted by molar-refractivity contribution is -0.140. The fourth-order valence-electron chi connectivity index (χ4n) is 5.22. The van der Waals surface area contributed by atoms with Crippen molar-refractivity contribution in [2.24, 2.45) is 0 Å². The molecule has 1 aliphatic heterocycles. The number of likely N-dealkylation sites (N-methyl/N-ethyl adjacent to an activating group) is 1. The van der Waals surface area contributed by atoms with Crippen LogP contribution in [0.1, 0.15) is 42.1 Å². The zero-order chi connectivity index (χ0) is 30.9. The molecule has 4 rings (SSSR count). The lowest BCUT2D eigenvalue weighted by Crippen LogP contribution is -2.38. The van der Waals surface area contributed by atoms with Gasteiger partial charge in [-0.3, -0.25) is 9.59 Å². The third-order valence-corrected chi connectivity index (χ3v) is 7.64. The van der Waals surface area contributed by atoms with Crippen molar-refractivity contribution < 1.29 is 28.9 Å². The van der Waals surface area contributed by atoms with E-state index < -0.39 is 17.7 Å². The molecule has 3 aromatic carbocycles. The highest BCUT2D eigenvalue weighted by molar-refractivity contribution is 6.46. The van der Waals surface area contributed by atoms with Crippen LogP contribution in [0.5, 0.6) is 17.2 Å². The number of amides is 1. The number of carbonyl (C=O) groups excluding carboxylic acids is 2. The molecular formula is C35H40N2O6. The molecule has 8 nitrogen and oxygen atoms in total. The molecule has 0 saturated carbocycles. The predicted molar refractivity (Wildman–Crippen MR) is 167 cm³/mol. The van der Waals surface area contributed by atoms with Crippen LogP contribution in [0.15, 0.2) is 85.0 Å². The normalized spacial score (nSPS) is 16.0. The monoisotopic (exact) mass is 584 g/mol. The molecule has 0 radical (unpaired) electrons. The van der Waals surface area contributed by atoms with Crippen LogP contribution in [0, 0.1) is 6.92 Å².